The molecule has 2 aromatic rings. The Hall–Kier alpha value is -2.36. The Morgan fingerprint density at radius 3 is 2.71 bits per heavy atom. The molecule has 4 nitrogen and oxygen atoms in total. The predicted molar refractivity (Wildman–Crippen MR) is 81.1 cm³/mol. The lowest BCUT2D eigenvalue weighted by molar-refractivity contribution is 0.0546. The highest BCUT2D eigenvalue weighted by Gasteiger charge is 2.23. The highest BCUT2D eigenvalue weighted by Crippen LogP contribution is 2.22. The van der Waals surface area contributed by atoms with Crippen LogP contribution in [0.25, 0.3) is 6.08 Å². The van der Waals surface area contributed by atoms with Gasteiger partial charge in [-0.2, -0.15) is 0 Å². The van der Waals surface area contributed by atoms with Crippen molar-refractivity contribution in [2.75, 3.05) is 6.61 Å². The molecule has 0 aliphatic rings. The summed E-state index contributed by atoms with van der Waals surface area (Å²) in [4.78, 5) is 12.1. The van der Waals surface area contributed by atoms with Gasteiger partial charge >= 0.3 is 5.97 Å². The summed E-state index contributed by atoms with van der Waals surface area (Å²) in [6.45, 7) is 5.86. The van der Waals surface area contributed by atoms with E-state index in [0.29, 0.717) is 17.0 Å². The number of nitrogens with zero attached hydrogens (tertiary/aromatic N) is 1. The number of rotatable bonds is 5. The van der Waals surface area contributed by atoms with Gasteiger partial charge in [0.1, 0.15) is 12.2 Å². The van der Waals surface area contributed by atoms with Crippen molar-refractivity contribution in [2.24, 2.45) is 0 Å². The van der Waals surface area contributed by atoms with Gasteiger partial charge in [0, 0.05) is 5.92 Å². The van der Waals surface area contributed by atoms with Crippen LogP contribution in [-0.2, 0) is 4.74 Å². The first-order valence-corrected chi connectivity index (χ1v) is 6.94. The normalized spacial score (nSPS) is 11.2. The summed E-state index contributed by atoms with van der Waals surface area (Å²) >= 11 is 0. The molecule has 0 spiro atoms. The molecule has 0 saturated heterocycles. The van der Waals surface area contributed by atoms with Crippen molar-refractivity contribution >= 4 is 12.0 Å². The van der Waals surface area contributed by atoms with E-state index in [0.717, 1.165) is 5.56 Å². The molecule has 0 unspecified atom stereocenters. The summed E-state index contributed by atoms with van der Waals surface area (Å²) in [7, 11) is 0. The average Bonchev–Trinajstić information content (AvgIpc) is 2.86. The van der Waals surface area contributed by atoms with Crippen LogP contribution in [0.4, 0.5) is 0 Å². The maximum atomic E-state index is 12.1. The lowest BCUT2D eigenvalue weighted by atomic mass is 10.1. The quantitative estimate of drug-likeness (QED) is 0.780. The number of hydrogen-bond acceptors (Lipinski definition) is 4. The van der Waals surface area contributed by atoms with Gasteiger partial charge in [0.25, 0.3) is 0 Å². The van der Waals surface area contributed by atoms with E-state index < -0.39 is 5.97 Å². The minimum atomic E-state index is -0.393. The van der Waals surface area contributed by atoms with Crippen molar-refractivity contribution in [1.82, 2.24) is 5.16 Å². The van der Waals surface area contributed by atoms with Crippen molar-refractivity contribution in [3.63, 3.8) is 0 Å². The van der Waals surface area contributed by atoms with Crippen molar-refractivity contribution in [3.8, 4) is 0 Å². The molecule has 0 bridgehead atoms. The minimum Gasteiger partial charge on any atom is -0.458 e. The fraction of sp³-hybridized carbons (Fsp3) is 0.294. The highest BCUT2D eigenvalue weighted by molar-refractivity contribution is 5.91. The van der Waals surface area contributed by atoms with E-state index >= 15 is 0 Å². The Bertz CT molecular complexity index is 627. The van der Waals surface area contributed by atoms with Crippen LogP contribution in [0.15, 0.2) is 40.9 Å². The molecule has 0 radical (unpaired) electrons. The van der Waals surface area contributed by atoms with E-state index in [1.807, 2.05) is 56.3 Å². The third-order valence-corrected chi connectivity index (χ3v) is 3.04. The Morgan fingerprint density at radius 2 is 2.05 bits per heavy atom. The van der Waals surface area contributed by atoms with Crippen LogP contribution < -0.4 is 0 Å². The van der Waals surface area contributed by atoms with Crippen molar-refractivity contribution in [1.29, 1.82) is 0 Å². The summed E-state index contributed by atoms with van der Waals surface area (Å²) in [5.74, 6) is 0.272. The maximum Gasteiger partial charge on any atom is 0.344 e. The van der Waals surface area contributed by atoms with Crippen LogP contribution in [0, 0.1) is 6.92 Å². The van der Waals surface area contributed by atoms with Gasteiger partial charge in [-0.1, -0.05) is 55.4 Å². The lowest BCUT2D eigenvalue weighted by Crippen LogP contribution is -2.09. The molecule has 110 valence electrons. The van der Waals surface area contributed by atoms with E-state index in [1.165, 1.54) is 0 Å². The second kappa shape index (κ2) is 6.88. The monoisotopic (exact) mass is 285 g/mol. The second-order valence-electron chi connectivity index (χ2n) is 5.07. The number of hydrogen-bond donors (Lipinski definition) is 0. The van der Waals surface area contributed by atoms with Crippen LogP contribution >= 0.6 is 0 Å². The maximum absolute atomic E-state index is 12.1. The molecular formula is C17H19NO3. The van der Waals surface area contributed by atoms with Gasteiger partial charge in [-0.3, -0.25) is 0 Å². The third-order valence-electron chi connectivity index (χ3n) is 3.04. The first-order chi connectivity index (χ1) is 10.1. The zero-order valence-corrected chi connectivity index (χ0v) is 12.5. The van der Waals surface area contributed by atoms with E-state index in [-0.39, 0.29) is 12.5 Å². The largest absolute Gasteiger partial charge is 0.458 e. The molecule has 2 rings (SSSR count). The summed E-state index contributed by atoms with van der Waals surface area (Å²) in [5.41, 5.74) is 2.08. The number of esters is 1. The number of carbonyl (C=O) groups excluding carboxylic acids is 1. The van der Waals surface area contributed by atoms with Gasteiger partial charge in [-0.25, -0.2) is 4.79 Å². The molecular weight excluding hydrogens is 266 g/mol. The van der Waals surface area contributed by atoms with Crippen LogP contribution in [0.3, 0.4) is 0 Å². The molecule has 0 aliphatic heterocycles. The first kappa shape index (κ1) is 15.0. The third kappa shape index (κ3) is 3.81. The molecule has 0 fully saturated rings. The summed E-state index contributed by atoms with van der Waals surface area (Å²) in [6.07, 6.45) is 3.72. The van der Waals surface area contributed by atoms with E-state index in [9.17, 15) is 4.79 Å². The lowest BCUT2D eigenvalue weighted by Gasteiger charge is -2.04. The fourth-order valence-corrected chi connectivity index (χ4v) is 1.97. The molecule has 1 heterocycles. The summed E-state index contributed by atoms with van der Waals surface area (Å²) in [6, 6.07) is 9.85. The smallest absolute Gasteiger partial charge is 0.344 e. The molecule has 0 saturated carbocycles. The zero-order valence-electron chi connectivity index (χ0n) is 12.5. The Morgan fingerprint density at radius 1 is 1.33 bits per heavy atom. The molecule has 0 N–H and O–H groups in total. The number of ether oxygens (including phenoxy) is 1. The van der Waals surface area contributed by atoms with E-state index in [1.54, 1.807) is 6.92 Å². The molecule has 21 heavy (non-hydrogen) atoms. The molecule has 1 aromatic heterocycles. The summed E-state index contributed by atoms with van der Waals surface area (Å²) < 4.78 is 10.4. The van der Waals surface area contributed by atoms with Crippen LogP contribution in [-0.4, -0.2) is 17.7 Å². The number of benzene rings is 1. The zero-order chi connectivity index (χ0) is 15.2. The van der Waals surface area contributed by atoms with Crippen LogP contribution in [0.1, 0.15) is 47.1 Å². The van der Waals surface area contributed by atoms with E-state index in [2.05, 4.69) is 5.16 Å². The Kier molecular flexibility index (Phi) is 4.93. The average molecular weight is 285 g/mol. The van der Waals surface area contributed by atoms with Crippen LogP contribution in [0.2, 0.25) is 0 Å². The number of aryl methyl sites for hydroxylation is 1. The Labute approximate surface area is 124 Å². The topological polar surface area (TPSA) is 52.3 Å². The minimum absolute atomic E-state index is 0.0913. The van der Waals surface area contributed by atoms with Crippen molar-refractivity contribution < 1.29 is 14.1 Å². The van der Waals surface area contributed by atoms with Crippen molar-refractivity contribution in [2.45, 2.75) is 26.7 Å². The van der Waals surface area contributed by atoms with Crippen molar-refractivity contribution in [3.05, 3.63) is 59.0 Å². The Balaban J connectivity index is 1.97. The highest BCUT2D eigenvalue weighted by atomic mass is 16.5. The standard InChI is InChI=1S/C17H19NO3/c1-12(2)16-15(13(3)18-21-16)17(19)20-11-7-10-14-8-5-4-6-9-14/h4-10,12H,11H2,1-3H3/b10-7+. The fourth-order valence-electron chi connectivity index (χ4n) is 1.97. The number of aromatic nitrogens is 1. The molecule has 0 amide bonds. The van der Waals surface area contributed by atoms with Gasteiger partial charge in [0.15, 0.2) is 5.76 Å². The van der Waals surface area contributed by atoms with Gasteiger partial charge in [0.05, 0.1) is 5.69 Å². The van der Waals surface area contributed by atoms with Gasteiger partial charge in [-0.15, -0.1) is 0 Å². The van der Waals surface area contributed by atoms with Gasteiger partial charge in [-0.05, 0) is 18.6 Å². The predicted octanol–water partition coefficient (Wildman–Crippen LogP) is 3.98. The van der Waals surface area contributed by atoms with Gasteiger partial charge in [0.2, 0.25) is 0 Å². The second-order valence-corrected chi connectivity index (χ2v) is 5.07. The van der Waals surface area contributed by atoms with Crippen LogP contribution in [0.5, 0.6) is 0 Å². The SMILES string of the molecule is Cc1noc(C(C)C)c1C(=O)OC/C=C/c1ccccc1. The number of carbonyl (C=O) groups is 1. The molecule has 0 aliphatic carbocycles. The molecule has 1 aromatic carbocycles. The van der Waals surface area contributed by atoms with E-state index in [4.69, 9.17) is 9.26 Å². The first-order valence-electron chi connectivity index (χ1n) is 6.94. The summed E-state index contributed by atoms with van der Waals surface area (Å²) in [5, 5.41) is 3.84. The molecule has 0 atom stereocenters. The molecule has 4 heteroatoms. The van der Waals surface area contributed by atoms with Gasteiger partial charge < -0.3 is 9.26 Å².